The lowest BCUT2D eigenvalue weighted by molar-refractivity contribution is -0.135. The number of unbranched alkanes of at least 4 members (excludes halogenated alkanes) is 1. The molecule has 0 unspecified atom stereocenters. The monoisotopic (exact) mass is 411 g/mol. The highest BCUT2D eigenvalue weighted by Crippen LogP contribution is 2.34. The van der Waals surface area contributed by atoms with Crippen molar-refractivity contribution in [2.24, 2.45) is 0 Å². The number of nitrogens with zero attached hydrogens (tertiary/aromatic N) is 1. The summed E-state index contributed by atoms with van der Waals surface area (Å²) in [5.41, 5.74) is 0.148. The van der Waals surface area contributed by atoms with E-state index in [0.29, 0.717) is 18.4 Å². The number of carbonyl (C=O) groups excluding carboxylic acids is 3. The molecule has 1 saturated heterocycles. The van der Waals surface area contributed by atoms with Crippen LogP contribution in [0.25, 0.3) is 0 Å². The summed E-state index contributed by atoms with van der Waals surface area (Å²) in [5.74, 6) is -1.34. The molecule has 0 aliphatic carbocycles. The summed E-state index contributed by atoms with van der Waals surface area (Å²) in [4.78, 5) is 39.4. The van der Waals surface area contributed by atoms with Crippen molar-refractivity contribution >= 4 is 17.8 Å². The Hall–Kier alpha value is -3.22. The van der Waals surface area contributed by atoms with Gasteiger partial charge in [-0.3, -0.25) is 14.5 Å². The summed E-state index contributed by atoms with van der Waals surface area (Å²) in [6, 6.07) is 14.1. The van der Waals surface area contributed by atoms with Crippen molar-refractivity contribution in [2.45, 2.75) is 44.7 Å². The Labute approximate surface area is 175 Å². The number of hydrogen-bond donors (Lipinski definition) is 2. The van der Waals surface area contributed by atoms with E-state index in [1.165, 1.54) is 24.3 Å². The van der Waals surface area contributed by atoms with Gasteiger partial charge in [-0.25, -0.2) is 9.18 Å². The van der Waals surface area contributed by atoms with Gasteiger partial charge in [-0.2, -0.15) is 0 Å². The molecule has 1 heterocycles. The van der Waals surface area contributed by atoms with Crippen LogP contribution in [0.3, 0.4) is 0 Å². The molecule has 0 saturated carbocycles. The number of amides is 4. The van der Waals surface area contributed by atoms with Gasteiger partial charge in [0, 0.05) is 0 Å². The first-order valence-corrected chi connectivity index (χ1v) is 10.1. The van der Waals surface area contributed by atoms with E-state index in [1.54, 1.807) is 0 Å². The summed E-state index contributed by atoms with van der Waals surface area (Å²) >= 11 is 0. The van der Waals surface area contributed by atoms with Crippen molar-refractivity contribution in [3.05, 3.63) is 71.5 Å². The zero-order chi connectivity index (χ0) is 21.7. The van der Waals surface area contributed by atoms with Crippen LogP contribution in [0.15, 0.2) is 54.6 Å². The minimum Gasteiger partial charge on any atom is -0.348 e. The molecule has 158 valence electrons. The van der Waals surface area contributed by atoms with Crippen molar-refractivity contribution in [1.29, 1.82) is 0 Å². The van der Waals surface area contributed by atoms with Crippen LogP contribution in [0.1, 0.15) is 50.3 Å². The lowest BCUT2D eigenvalue weighted by Crippen LogP contribution is -2.45. The Morgan fingerprint density at radius 1 is 1.13 bits per heavy atom. The second kappa shape index (κ2) is 9.07. The molecule has 30 heavy (non-hydrogen) atoms. The van der Waals surface area contributed by atoms with Crippen LogP contribution < -0.4 is 10.6 Å². The van der Waals surface area contributed by atoms with Crippen LogP contribution >= 0.6 is 0 Å². The van der Waals surface area contributed by atoms with Gasteiger partial charge in [0.15, 0.2) is 0 Å². The van der Waals surface area contributed by atoms with Gasteiger partial charge in [0.25, 0.3) is 5.91 Å². The number of imide groups is 1. The van der Waals surface area contributed by atoms with Crippen molar-refractivity contribution in [3.8, 4) is 0 Å². The average Bonchev–Trinajstić information content (AvgIpc) is 2.98. The van der Waals surface area contributed by atoms with E-state index < -0.39 is 29.2 Å². The predicted octanol–water partition coefficient (Wildman–Crippen LogP) is 3.64. The maximum absolute atomic E-state index is 13.4. The number of nitrogens with one attached hydrogen (secondary N) is 2. The molecule has 0 aromatic heterocycles. The Bertz CT molecular complexity index is 917. The summed E-state index contributed by atoms with van der Waals surface area (Å²) in [5, 5.41) is 5.58. The van der Waals surface area contributed by atoms with Gasteiger partial charge < -0.3 is 10.6 Å². The summed E-state index contributed by atoms with van der Waals surface area (Å²) in [6.07, 6.45) is 1.88. The average molecular weight is 411 g/mol. The Kier molecular flexibility index (Phi) is 6.50. The van der Waals surface area contributed by atoms with Crippen LogP contribution in [0.2, 0.25) is 0 Å². The Morgan fingerprint density at radius 2 is 1.80 bits per heavy atom. The standard InChI is InChI=1S/C23H26FN3O3/c1-3-4-14-23(18-10-12-19(24)13-11-18)21(29)27(22(30)26-23)15-20(28)25-16(2)17-8-6-5-7-9-17/h5-13,16H,3-4,14-15H2,1-2H3,(H,25,28)(H,26,30)/t16-,23-/m1/s1. The normalized spacial score (nSPS) is 19.5. The van der Waals surface area contributed by atoms with E-state index in [0.717, 1.165) is 16.9 Å². The number of hydrogen-bond acceptors (Lipinski definition) is 3. The van der Waals surface area contributed by atoms with Gasteiger partial charge >= 0.3 is 6.03 Å². The second-order valence-corrected chi connectivity index (χ2v) is 7.54. The Morgan fingerprint density at radius 3 is 2.43 bits per heavy atom. The zero-order valence-corrected chi connectivity index (χ0v) is 17.2. The number of rotatable bonds is 8. The molecule has 0 spiro atoms. The second-order valence-electron chi connectivity index (χ2n) is 7.54. The molecular weight excluding hydrogens is 385 g/mol. The maximum atomic E-state index is 13.4. The summed E-state index contributed by atoms with van der Waals surface area (Å²) in [6.45, 7) is 3.44. The quantitative estimate of drug-likeness (QED) is 0.651. The molecule has 3 rings (SSSR count). The third-order valence-corrected chi connectivity index (χ3v) is 5.40. The van der Waals surface area contributed by atoms with Gasteiger partial charge in [0.05, 0.1) is 6.04 Å². The molecule has 1 aliphatic rings. The first kappa shape index (κ1) is 21.5. The molecule has 2 aromatic carbocycles. The van der Waals surface area contributed by atoms with Crippen LogP contribution in [-0.2, 0) is 15.1 Å². The maximum Gasteiger partial charge on any atom is 0.325 e. The van der Waals surface area contributed by atoms with E-state index in [2.05, 4.69) is 10.6 Å². The molecule has 4 amide bonds. The van der Waals surface area contributed by atoms with Gasteiger partial charge in [-0.15, -0.1) is 0 Å². The lowest BCUT2D eigenvalue weighted by atomic mass is 9.85. The topological polar surface area (TPSA) is 78.5 Å². The molecule has 2 N–H and O–H groups in total. The number of halogens is 1. The third-order valence-electron chi connectivity index (χ3n) is 5.40. The molecule has 0 radical (unpaired) electrons. The number of carbonyl (C=O) groups is 3. The predicted molar refractivity (Wildman–Crippen MR) is 111 cm³/mol. The fourth-order valence-electron chi connectivity index (χ4n) is 3.71. The minimum atomic E-state index is -1.29. The molecule has 7 heteroatoms. The van der Waals surface area contributed by atoms with Crippen molar-refractivity contribution in [3.63, 3.8) is 0 Å². The van der Waals surface area contributed by atoms with Crippen LogP contribution in [0, 0.1) is 5.82 Å². The summed E-state index contributed by atoms with van der Waals surface area (Å²) < 4.78 is 13.4. The third kappa shape index (κ3) is 4.35. The fraction of sp³-hybridized carbons (Fsp3) is 0.348. The number of benzene rings is 2. The van der Waals surface area contributed by atoms with Gasteiger partial charge in [-0.05, 0) is 36.6 Å². The molecule has 6 nitrogen and oxygen atoms in total. The van der Waals surface area contributed by atoms with Crippen LogP contribution in [-0.4, -0.2) is 29.3 Å². The molecule has 1 fully saturated rings. The lowest BCUT2D eigenvalue weighted by Gasteiger charge is -2.27. The minimum absolute atomic E-state index is 0.263. The van der Waals surface area contributed by atoms with Crippen molar-refractivity contribution in [1.82, 2.24) is 15.5 Å². The highest BCUT2D eigenvalue weighted by atomic mass is 19.1. The Balaban J connectivity index is 1.77. The molecule has 0 bridgehead atoms. The highest BCUT2D eigenvalue weighted by Gasteiger charge is 2.52. The molecule has 2 aromatic rings. The fourth-order valence-corrected chi connectivity index (χ4v) is 3.71. The first-order valence-electron chi connectivity index (χ1n) is 10.1. The summed E-state index contributed by atoms with van der Waals surface area (Å²) in [7, 11) is 0. The van der Waals surface area contributed by atoms with E-state index in [1.807, 2.05) is 44.2 Å². The van der Waals surface area contributed by atoms with Crippen molar-refractivity contribution in [2.75, 3.05) is 6.54 Å². The molecule has 1 aliphatic heterocycles. The first-order chi connectivity index (χ1) is 14.4. The van der Waals surface area contributed by atoms with Gasteiger partial charge in [0.1, 0.15) is 17.9 Å². The molecular formula is C23H26FN3O3. The SMILES string of the molecule is CCCC[C@]1(c2ccc(F)cc2)NC(=O)N(CC(=O)N[C@H](C)c2ccccc2)C1=O. The smallest absolute Gasteiger partial charge is 0.325 e. The zero-order valence-electron chi connectivity index (χ0n) is 17.2. The van der Waals surface area contributed by atoms with Gasteiger partial charge in [-0.1, -0.05) is 62.2 Å². The molecule has 2 atom stereocenters. The highest BCUT2D eigenvalue weighted by molar-refractivity contribution is 6.09. The number of urea groups is 1. The van der Waals surface area contributed by atoms with E-state index in [-0.39, 0.29) is 12.6 Å². The van der Waals surface area contributed by atoms with Crippen LogP contribution in [0.4, 0.5) is 9.18 Å². The van der Waals surface area contributed by atoms with E-state index >= 15 is 0 Å². The largest absolute Gasteiger partial charge is 0.348 e. The van der Waals surface area contributed by atoms with Crippen LogP contribution in [0.5, 0.6) is 0 Å². The van der Waals surface area contributed by atoms with E-state index in [9.17, 15) is 18.8 Å². The van der Waals surface area contributed by atoms with Gasteiger partial charge in [0.2, 0.25) is 5.91 Å². The van der Waals surface area contributed by atoms with Crippen molar-refractivity contribution < 1.29 is 18.8 Å². The van der Waals surface area contributed by atoms with E-state index in [4.69, 9.17) is 0 Å².